The first-order valence-electron chi connectivity index (χ1n) is 8.20. The van der Waals surface area contributed by atoms with Crippen LogP contribution in [-0.4, -0.2) is 26.5 Å². The second-order valence-electron chi connectivity index (χ2n) is 5.65. The number of H-pyrrole nitrogens is 1. The van der Waals surface area contributed by atoms with E-state index in [2.05, 4.69) is 25.3 Å². The highest BCUT2D eigenvalue weighted by molar-refractivity contribution is 5.74. The number of imidazole rings is 1. The van der Waals surface area contributed by atoms with Crippen LogP contribution in [0.1, 0.15) is 5.82 Å². The molecule has 0 fully saturated rings. The topological polar surface area (TPSA) is 75.7 Å². The second kappa shape index (κ2) is 7.18. The highest BCUT2D eigenvalue weighted by Crippen LogP contribution is 2.20. The van der Waals surface area contributed by atoms with Gasteiger partial charge in [0.15, 0.2) is 0 Å². The monoisotopic (exact) mass is 349 g/mol. The van der Waals surface area contributed by atoms with Gasteiger partial charge in [-0.25, -0.2) is 14.4 Å². The maximum Gasteiger partial charge on any atom is 0.225 e. The molecular weight excluding hydrogens is 333 g/mol. The third-order valence-corrected chi connectivity index (χ3v) is 3.75. The van der Waals surface area contributed by atoms with Gasteiger partial charge in [-0.1, -0.05) is 12.1 Å². The quantitative estimate of drug-likeness (QED) is 0.551. The fraction of sp³-hybridized carbons (Fsp3) is 0.105. The Morgan fingerprint density at radius 1 is 1.00 bits per heavy atom. The van der Waals surface area contributed by atoms with Crippen LogP contribution in [0, 0.1) is 5.82 Å². The van der Waals surface area contributed by atoms with Crippen molar-refractivity contribution in [3.63, 3.8) is 0 Å². The first-order chi connectivity index (χ1) is 12.8. The highest BCUT2D eigenvalue weighted by Gasteiger charge is 2.04. The molecule has 0 aliphatic carbocycles. The first-order valence-corrected chi connectivity index (χ1v) is 8.20. The molecule has 0 amide bonds. The van der Waals surface area contributed by atoms with Crippen LogP contribution in [-0.2, 0) is 6.42 Å². The van der Waals surface area contributed by atoms with E-state index in [9.17, 15) is 4.39 Å². The predicted molar refractivity (Wildman–Crippen MR) is 96.8 cm³/mol. The van der Waals surface area contributed by atoms with Gasteiger partial charge in [0.25, 0.3) is 0 Å². The summed E-state index contributed by atoms with van der Waals surface area (Å²) in [4.78, 5) is 16.3. The molecule has 6 nitrogen and oxygen atoms in total. The summed E-state index contributed by atoms with van der Waals surface area (Å²) in [6.07, 6.45) is 2.32. The van der Waals surface area contributed by atoms with Crippen LogP contribution in [0.5, 0.6) is 11.6 Å². The van der Waals surface area contributed by atoms with Crippen molar-refractivity contribution in [2.45, 2.75) is 6.42 Å². The number of nitrogens with one attached hydrogen (secondary N) is 2. The zero-order valence-electron chi connectivity index (χ0n) is 13.8. The fourth-order valence-corrected chi connectivity index (χ4v) is 2.52. The van der Waals surface area contributed by atoms with E-state index in [1.807, 2.05) is 24.3 Å². The number of aromatic nitrogens is 4. The van der Waals surface area contributed by atoms with Crippen molar-refractivity contribution in [2.24, 2.45) is 0 Å². The van der Waals surface area contributed by atoms with Gasteiger partial charge in [0.2, 0.25) is 11.8 Å². The molecule has 0 radical (unpaired) electrons. The minimum atomic E-state index is -0.312. The number of nitrogens with zero attached hydrogens (tertiary/aromatic N) is 3. The van der Waals surface area contributed by atoms with Crippen molar-refractivity contribution >= 4 is 17.0 Å². The van der Waals surface area contributed by atoms with Gasteiger partial charge in [0.1, 0.15) is 17.4 Å². The summed E-state index contributed by atoms with van der Waals surface area (Å²) in [5.74, 6) is 1.95. The number of ether oxygens (including phenoxy) is 1. The third kappa shape index (κ3) is 3.77. The molecule has 130 valence electrons. The molecule has 0 atom stereocenters. The number of para-hydroxylation sites is 2. The van der Waals surface area contributed by atoms with Gasteiger partial charge >= 0.3 is 0 Å². The predicted octanol–water partition coefficient (Wildman–Crippen LogP) is 3.94. The molecular formula is C19H16FN5O. The molecule has 0 bridgehead atoms. The van der Waals surface area contributed by atoms with Crippen LogP contribution in [0.15, 0.2) is 60.8 Å². The molecule has 2 N–H and O–H groups in total. The maximum absolute atomic E-state index is 12.9. The second-order valence-corrected chi connectivity index (χ2v) is 5.65. The number of hydrogen-bond donors (Lipinski definition) is 2. The van der Waals surface area contributed by atoms with E-state index in [1.54, 1.807) is 24.4 Å². The number of rotatable bonds is 6. The zero-order chi connectivity index (χ0) is 17.8. The lowest BCUT2D eigenvalue weighted by atomic mass is 10.3. The third-order valence-electron chi connectivity index (χ3n) is 3.75. The Morgan fingerprint density at radius 3 is 2.69 bits per heavy atom. The van der Waals surface area contributed by atoms with Crippen LogP contribution in [0.3, 0.4) is 0 Å². The summed E-state index contributed by atoms with van der Waals surface area (Å²) in [6, 6.07) is 15.3. The molecule has 0 saturated heterocycles. The summed E-state index contributed by atoms with van der Waals surface area (Å²) in [5.41, 5.74) is 1.97. The molecule has 4 rings (SSSR count). The molecule has 2 heterocycles. The molecule has 2 aromatic carbocycles. The Kier molecular flexibility index (Phi) is 4.42. The van der Waals surface area contributed by atoms with Gasteiger partial charge in [-0.05, 0) is 36.4 Å². The number of aromatic amines is 1. The van der Waals surface area contributed by atoms with Crippen molar-refractivity contribution in [2.75, 3.05) is 11.9 Å². The van der Waals surface area contributed by atoms with E-state index in [0.29, 0.717) is 30.5 Å². The van der Waals surface area contributed by atoms with Crippen LogP contribution < -0.4 is 10.1 Å². The van der Waals surface area contributed by atoms with E-state index < -0.39 is 0 Å². The lowest BCUT2D eigenvalue weighted by molar-refractivity contribution is 0.460. The van der Waals surface area contributed by atoms with Crippen LogP contribution in [0.2, 0.25) is 0 Å². The zero-order valence-corrected chi connectivity index (χ0v) is 13.8. The molecule has 26 heavy (non-hydrogen) atoms. The number of hydrogen-bond acceptors (Lipinski definition) is 5. The Balaban J connectivity index is 1.36. The smallest absolute Gasteiger partial charge is 0.225 e. The summed E-state index contributed by atoms with van der Waals surface area (Å²) >= 11 is 0. The molecule has 0 unspecified atom stereocenters. The standard InChI is InChI=1S/C19H16FN5O/c20-13-5-7-14(8-6-13)26-18-10-12-22-19(25-18)21-11-9-17-23-15-3-1-2-4-16(15)24-17/h1-8,10,12H,9,11H2,(H,23,24)(H,21,22,25). The minimum Gasteiger partial charge on any atom is -0.439 e. The van der Waals surface area contributed by atoms with E-state index in [-0.39, 0.29) is 5.82 Å². The Bertz CT molecular complexity index is 983. The lowest BCUT2D eigenvalue weighted by Crippen LogP contribution is -2.08. The molecule has 4 aromatic rings. The minimum absolute atomic E-state index is 0.312. The van der Waals surface area contributed by atoms with Crippen molar-refractivity contribution in [3.8, 4) is 11.6 Å². The van der Waals surface area contributed by atoms with Crippen LogP contribution in [0.25, 0.3) is 11.0 Å². The Hall–Kier alpha value is -3.48. The largest absolute Gasteiger partial charge is 0.439 e. The first kappa shape index (κ1) is 16.0. The normalized spacial score (nSPS) is 10.8. The molecule has 7 heteroatoms. The van der Waals surface area contributed by atoms with Crippen LogP contribution in [0.4, 0.5) is 10.3 Å². The van der Waals surface area contributed by atoms with Gasteiger partial charge < -0.3 is 15.0 Å². The summed E-state index contributed by atoms with van der Waals surface area (Å²) in [5, 5.41) is 3.15. The SMILES string of the molecule is Fc1ccc(Oc2ccnc(NCCc3nc4ccccc4[nH]3)n2)cc1. The molecule has 2 aromatic heterocycles. The lowest BCUT2D eigenvalue weighted by Gasteiger charge is -2.07. The fourth-order valence-electron chi connectivity index (χ4n) is 2.52. The van der Waals surface area contributed by atoms with Crippen molar-refractivity contribution < 1.29 is 9.13 Å². The average Bonchev–Trinajstić information content (AvgIpc) is 3.07. The van der Waals surface area contributed by atoms with Gasteiger partial charge in [-0.3, -0.25) is 0 Å². The number of anilines is 1. The van der Waals surface area contributed by atoms with Gasteiger partial charge in [-0.15, -0.1) is 0 Å². The number of halogens is 1. The molecule has 0 spiro atoms. The average molecular weight is 349 g/mol. The molecule has 0 saturated carbocycles. The molecule has 0 aliphatic rings. The number of fused-ring (bicyclic) bond motifs is 1. The highest BCUT2D eigenvalue weighted by atomic mass is 19.1. The maximum atomic E-state index is 12.9. The van der Waals surface area contributed by atoms with E-state index in [1.165, 1.54) is 12.1 Å². The van der Waals surface area contributed by atoms with Crippen LogP contribution >= 0.6 is 0 Å². The van der Waals surface area contributed by atoms with Gasteiger partial charge in [0, 0.05) is 25.2 Å². The van der Waals surface area contributed by atoms with E-state index >= 15 is 0 Å². The van der Waals surface area contributed by atoms with Crippen molar-refractivity contribution in [1.82, 2.24) is 19.9 Å². The Labute approximate surface area is 149 Å². The number of benzene rings is 2. The van der Waals surface area contributed by atoms with Crippen molar-refractivity contribution in [1.29, 1.82) is 0 Å². The van der Waals surface area contributed by atoms with Gasteiger partial charge in [0.05, 0.1) is 11.0 Å². The molecule has 0 aliphatic heterocycles. The Morgan fingerprint density at radius 2 is 1.85 bits per heavy atom. The van der Waals surface area contributed by atoms with E-state index in [4.69, 9.17) is 4.74 Å². The van der Waals surface area contributed by atoms with Crippen molar-refractivity contribution in [3.05, 3.63) is 72.4 Å². The summed E-state index contributed by atoms with van der Waals surface area (Å²) in [7, 11) is 0. The summed E-state index contributed by atoms with van der Waals surface area (Å²) in [6.45, 7) is 0.625. The van der Waals surface area contributed by atoms with Gasteiger partial charge in [-0.2, -0.15) is 4.98 Å². The van der Waals surface area contributed by atoms with E-state index in [0.717, 1.165) is 16.9 Å². The summed E-state index contributed by atoms with van der Waals surface area (Å²) < 4.78 is 18.5.